The smallest absolute Gasteiger partial charge is 0.239 e. The van der Waals surface area contributed by atoms with Gasteiger partial charge in [0.05, 0.1) is 19.3 Å². The number of carbonyl (C=O) groups is 1. The van der Waals surface area contributed by atoms with E-state index in [0.717, 1.165) is 43.9 Å². The molecule has 2 N–H and O–H groups in total. The van der Waals surface area contributed by atoms with Crippen molar-refractivity contribution < 1.29 is 14.3 Å². The van der Waals surface area contributed by atoms with Gasteiger partial charge in [0.2, 0.25) is 5.91 Å². The molecule has 1 heterocycles. The van der Waals surface area contributed by atoms with E-state index in [1.165, 1.54) is 25.7 Å². The van der Waals surface area contributed by atoms with E-state index in [0.29, 0.717) is 6.54 Å². The van der Waals surface area contributed by atoms with E-state index >= 15 is 0 Å². The molecule has 25 heavy (non-hydrogen) atoms. The Labute approximate surface area is 151 Å². The topological polar surface area (TPSA) is 59.6 Å². The zero-order valence-corrected chi connectivity index (χ0v) is 15.4. The number of ether oxygens (including phenoxy) is 2. The quantitative estimate of drug-likeness (QED) is 0.565. The third-order valence-corrected chi connectivity index (χ3v) is 4.37. The maximum Gasteiger partial charge on any atom is 0.239 e. The second-order valence-electron chi connectivity index (χ2n) is 6.58. The van der Waals surface area contributed by atoms with E-state index in [-0.39, 0.29) is 18.6 Å². The molecule has 0 spiro atoms. The van der Waals surface area contributed by atoms with Crippen LogP contribution in [0.15, 0.2) is 24.3 Å². The molecule has 1 aliphatic heterocycles. The Kier molecular flexibility index (Phi) is 9.19. The summed E-state index contributed by atoms with van der Waals surface area (Å²) in [4.78, 5) is 11.8. The van der Waals surface area contributed by atoms with Gasteiger partial charge in [-0.1, -0.05) is 32.6 Å². The van der Waals surface area contributed by atoms with E-state index in [4.69, 9.17) is 9.47 Å². The fourth-order valence-corrected chi connectivity index (χ4v) is 2.84. The Morgan fingerprint density at radius 2 is 2.00 bits per heavy atom. The molecule has 0 saturated carbocycles. The van der Waals surface area contributed by atoms with Crippen molar-refractivity contribution in [1.29, 1.82) is 0 Å². The average Bonchev–Trinajstić information content (AvgIpc) is 3.16. The first kappa shape index (κ1) is 19.6. The highest BCUT2D eigenvalue weighted by Crippen LogP contribution is 2.16. The number of carbonyl (C=O) groups excluding carboxylic acids is 1. The SMILES string of the molecule is CCCCCCCOc1ccc(NCC(=O)NCC2CCCO2)cc1. The van der Waals surface area contributed by atoms with E-state index in [2.05, 4.69) is 17.6 Å². The van der Waals surface area contributed by atoms with Crippen molar-refractivity contribution in [2.75, 3.05) is 31.6 Å². The number of nitrogens with one attached hydrogen (secondary N) is 2. The third-order valence-electron chi connectivity index (χ3n) is 4.37. The second-order valence-corrected chi connectivity index (χ2v) is 6.58. The fraction of sp³-hybridized carbons (Fsp3) is 0.650. The summed E-state index contributed by atoms with van der Waals surface area (Å²) in [5.74, 6) is 0.867. The summed E-state index contributed by atoms with van der Waals surface area (Å²) < 4.78 is 11.2. The summed E-state index contributed by atoms with van der Waals surface area (Å²) in [5.41, 5.74) is 0.919. The molecule has 5 nitrogen and oxygen atoms in total. The Hall–Kier alpha value is -1.75. The second kappa shape index (κ2) is 11.7. The van der Waals surface area contributed by atoms with Crippen LogP contribution in [0.3, 0.4) is 0 Å². The number of unbranched alkanes of at least 4 members (excludes halogenated alkanes) is 4. The summed E-state index contributed by atoms with van der Waals surface area (Å²) in [6, 6.07) is 7.77. The van der Waals surface area contributed by atoms with Crippen LogP contribution in [0.4, 0.5) is 5.69 Å². The average molecular weight is 348 g/mol. The Bertz CT molecular complexity index is 484. The zero-order valence-electron chi connectivity index (χ0n) is 15.4. The molecule has 0 radical (unpaired) electrons. The molecule has 1 aromatic carbocycles. The Morgan fingerprint density at radius 1 is 1.20 bits per heavy atom. The standard InChI is InChI=1S/C20H32N2O3/c1-2-3-4-5-6-13-24-18-11-9-17(10-12-18)21-16-20(23)22-15-19-8-7-14-25-19/h9-12,19,21H,2-8,13-16H2,1H3,(H,22,23). The summed E-state index contributed by atoms with van der Waals surface area (Å²) in [7, 11) is 0. The maximum atomic E-state index is 11.8. The first-order valence-electron chi connectivity index (χ1n) is 9.63. The number of rotatable bonds is 12. The molecule has 0 aromatic heterocycles. The number of hydrogen-bond donors (Lipinski definition) is 2. The van der Waals surface area contributed by atoms with Gasteiger partial charge < -0.3 is 20.1 Å². The van der Waals surface area contributed by atoms with Crippen LogP contribution in [0.2, 0.25) is 0 Å². The van der Waals surface area contributed by atoms with E-state index in [1.54, 1.807) is 0 Å². The van der Waals surface area contributed by atoms with Crippen molar-refractivity contribution >= 4 is 11.6 Å². The van der Waals surface area contributed by atoms with Crippen molar-refractivity contribution in [3.63, 3.8) is 0 Å². The molecular formula is C20H32N2O3. The van der Waals surface area contributed by atoms with Crippen LogP contribution in [0.1, 0.15) is 51.9 Å². The minimum atomic E-state index is -0.0112. The lowest BCUT2D eigenvalue weighted by Gasteiger charge is -2.12. The first-order chi connectivity index (χ1) is 12.3. The van der Waals surface area contributed by atoms with Gasteiger partial charge in [-0.25, -0.2) is 0 Å². The fourth-order valence-electron chi connectivity index (χ4n) is 2.84. The van der Waals surface area contributed by atoms with Gasteiger partial charge in [0.25, 0.3) is 0 Å². The molecule has 5 heteroatoms. The van der Waals surface area contributed by atoms with E-state index in [9.17, 15) is 4.79 Å². The number of anilines is 1. The van der Waals surface area contributed by atoms with Crippen LogP contribution in [-0.2, 0) is 9.53 Å². The van der Waals surface area contributed by atoms with Crippen LogP contribution in [0.5, 0.6) is 5.75 Å². The molecule has 140 valence electrons. The van der Waals surface area contributed by atoms with Crippen molar-refractivity contribution in [2.24, 2.45) is 0 Å². The predicted molar refractivity (Wildman–Crippen MR) is 101 cm³/mol. The lowest BCUT2D eigenvalue weighted by molar-refractivity contribution is -0.119. The lowest BCUT2D eigenvalue weighted by Crippen LogP contribution is -2.35. The highest BCUT2D eigenvalue weighted by Gasteiger charge is 2.15. The molecule has 1 amide bonds. The monoisotopic (exact) mass is 348 g/mol. The largest absolute Gasteiger partial charge is 0.494 e. The Balaban J connectivity index is 1.57. The molecule has 1 unspecified atom stereocenters. The summed E-state index contributed by atoms with van der Waals surface area (Å²) in [6.07, 6.45) is 8.50. The highest BCUT2D eigenvalue weighted by atomic mass is 16.5. The van der Waals surface area contributed by atoms with Crippen molar-refractivity contribution in [3.8, 4) is 5.75 Å². The van der Waals surface area contributed by atoms with Gasteiger partial charge in [-0.05, 0) is 43.5 Å². The molecule has 1 aliphatic rings. The summed E-state index contributed by atoms with van der Waals surface area (Å²) in [5, 5.41) is 6.03. The maximum absolute atomic E-state index is 11.8. The van der Waals surface area contributed by atoms with Crippen LogP contribution in [-0.4, -0.2) is 38.3 Å². The molecule has 0 aliphatic carbocycles. The van der Waals surface area contributed by atoms with Crippen LogP contribution in [0.25, 0.3) is 0 Å². The first-order valence-corrected chi connectivity index (χ1v) is 9.63. The van der Waals surface area contributed by atoms with Gasteiger partial charge in [-0.3, -0.25) is 4.79 Å². The van der Waals surface area contributed by atoms with Crippen LogP contribution < -0.4 is 15.4 Å². The summed E-state index contributed by atoms with van der Waals surface area (Å²) >= 11 is 0. The minimum Gasteiger partial charge on any atom is -0.494 e. The third kappa shape index (κ3) is 8.25. The summed E-state index contributed by atoms with van der Waals surface area (Å²) in [6.45, 7) is 4.67. The molecule has 1 saturated heterocycles. The Morgan fingerprint density at radius 3 is 2.72 bits per heavy atom. The van der Waals surface area contributed by atoms with E-state index in [1.807, 2.05) is 24.3 Å². The molecule has 2 rings (SSSR count). The number of hydrogen-bond acceptors (Lipinski definition) is 4. The molecular weight excluding hydrogens is 316 g/mol. The van der Waals surface area contributed by atoms with Crippen molar-refractivity contribution in [2.45, 2.75) is 58.0 Å². The minimum absolute atomic E-state index is 0.0112. The van der Waals surface area contributed by atoms with Crippen LogP contribution in [0, 0.1) is 0 Å². The van der Waals surface area contributed by atoms with Gasteiger partial charge in [0.15, 0.2) is 0 Å². The molecule has 1 fully saturated rings. The van der Waals surface area contributed by atoms with Crippen molar-refractivity contribution in [3.05, 3.63) is 24.3 Å². The molecule has 0 bridgehead atoms. The molecule has 1 aromatic rings. The van der Waals surface area contributed by atoms with Gasteiger partial charge in [0, 0.05) is 18.8 Å². The van der Waals surface area contributed by atoms with Gasteiger partial charge in [-0.15, -0.1) is 0 Å². The van der Waals surface area contributed by atoms with E-state index < -0.39 is 0 Å². The van der Waals surface area contributed by atoms with Crippen LogP contribution >= 0.6 is 0 Å². The predicted octanol–water partition coefficient (Wildman–Crippen LogP) is 3.74. The van der Waals surface area contributed by atoms with Gasteiger partial charge in [0.1, 0.15) is 5.75 Å². The zero-order chi connectivity index (χ0) is 17.7. The highest BCUT2D eigenvalue weighted by molar-refractivity contribution is 5.80. The molecule has 1 atom stereocenters. The number of benzene rings is 1. The number of amides is 1. The normalized spacial score (nSPS) is 16.6. The van der Waals surface area contributed by atoms with Gasteiger partial charge in [-0.2, -0.15) is 0 Å². The van der Waals surface area contributed by atoms with Crippen molar-refractivity contribution in [1.82, 2.24) is 5.32 Å². The van der Waals surface area contributed by atoms with Gasteiger partial charge >= 0.3 is 0 Å². The lowest BCUT2D eigenvalue weighted by atomic mass is 10.2.